The second-order valence-corrected chi connectivity index (χ2v) is 6.18. The van der Waals surface area contributed by atoms with Crippen LogP contribution in [0.4, 0.5) is 5.69 Å². The van der Waals surface area contributed by atoms with Crippen LogP contribution in [0.5, 0.6) is 0 Å². The van der Waals surface area contributed by atoms with Gasteiger partial charge in [0, 0.05) is 24.6 Å². The number of carbonyl (C=O) groups excluding carboxylic acids is 2. The highest BCUT2D eigenvalue weighted by atomic mass is 35.5. The Bertz CT molecular complexity index is 511. The Morgan fingerprint density at radius 1 is 1.26 bits per heavy atom. The van der Waals surface area contributed by atoms with E-state index < -0.39 is 0 Å². The molecule has 0 aromatic heterocycles. The molecule has 23 heavy (non-hydrogen) atoms. The summed E-state index contributed by atoms with van der Waals surface area (Å²) in [5.74, 6) is 0.537. The smallest absolute Gasteiger partial charge is 0.226 e. The van der Waals surface area contributed by atoms with Crippen molar-refractivity contribution in [2.45, 2.75) is 33.2 Å². The minimum atomic E-state index is -0.0379. The summed E-state index contributed by atoms with van der Waals surface area (Å²) in [6.07, 6.45) is 1.67. The van der Waals surface area contributed by atoms with Crippen LogP contribution in [0.1, 0.15) is 32.3 Å². The topological polar surface area (TPSA) is 70.2 Å². The third kappa shape index (κ3) is 6.59. The predicted molar refractivity (Wildman–Crippen MR) is 94.6 cm³/mol. The van der Waals surface area contributed by atoms with E-state index in [1.54, 1.807) is 0 Å². The van der Waals surface area contributed by atoms with Crippen LogP contribution >= 0.6 is 12.4 Å². The van der Waals surface area contributed by atoms with Gasteiger partial charge in [0.15, 0.2) is 0 Å². The second-order valence-electron chi connectivity index (χ2n) is 6.18. The van der Waals surface area contributed by atoms with Crippen LogP contribution in [0.2, 0.25) is 0 Å². The lowest BCUT2D eigenvalue weighted by Gasteiger charge is -2.10. The van der Waals surface area contributed by atoms with E-state index in [1.165, 1.54) is 0 Å². The number of anilines is 1. The van der Waals surface area contributed by atoms with E-state index in [9.17, 15) is 9.59 Å². The van der Waals surface area contributed by atoms with Crippen LogP contribution in [-0.2, 0) is 16.1 Å². The predicted octanol–water partition coefficient (Wildman–Crippen LogP) is 2.32. The van der Waals surface area contributed by atoms with Crippen LogP contribution in [0.3, 0.4) is 0 Å². The van der Waals surface area contributed by atoms with Gasteiger partial charge in [-0.05, 0) is 43.1 Å². The molecule has 1 aromatic carbocycles. The maximum atomic E-state index is 11.9. The third-order valence-electron chi connectivity index (χ3n) is 3.87. The van der Waals surface area contributed by atoms with E-state index in [2.05, 4.69) is 16.0 Å². The van der Waals surface area contributed by atoms with Crippen molar-refractivity contribution in [1.82, 2.24) is 10.6 Å². The molecule has 5 nitrogen and oxygen atoms in total. The van der Waals surface area contributed by atoms with Crippen molar-refractivity contribution >= 4 is 29.9 Å². The largest absolute Gasteiger partial charge is 0.352 e. The number of amides is 2. The van der Waals surface area contributed by atoms with Crippen molar-refractivity contribution in [3.05, 3.63) is 29.8 Å². The molecule has 2 rings (SSSR count). The average molecular weight is 340 g/mol. The molecule has 0 radical (unpaired) electrons. The maximum absolute atomic E-state index is 11.9. The van der Waals surface area contributed by atoms with Crippen molar-refractivity contribution < 1.29 is 9.59 Å². The fourth-order valence-electron chi connectivity index (χ4n) is 2.42. The van der Waals surface area contributed by atoms with Crippen LogP contribution in [0.25, 0.3) is 0 Å². The fourth-order valence-corrected chi connectivity index (χ4v) is 2.42. The zero-order chi connectivity index (χ0) is 15.9. The lowest BCUT2D eigenvalue weighted by Crippen LogP contribution is -2.25. The van der Waals surface area contributed by atoms with Gasteiger partial charge in [0.05, 0.1) is 0 Å². The van der Waals surface area contributed by atoms with Crippen molar-refractivity contribution in [2.75, 3.05) is 18.4 Å². The minimum Gasteiger partial charge on any atom is -0.352 e. The van der Waals surface area contributed by atoms with Gasteiger partial charge < -0.3 is 16.0 Å². The molecule has 1 aromatic rings. The monoisotopic (exact) mass is 339 g/mol. The molecule has 6 heteroatoms. The minimum absolute atomic E-state index is 0. The molecule has 1 unspecified atom stereocenters. The van der Waals surface area contributed by atoms with E-state index in [1.807, 2.05) is 38.1 Å². The fraction of sp³-hybridized carbons (Fsp3) is 0.529. The van der Waals surface area contributed by atoms with Crippen LogP contribution in [0.15, 0.2) is 24.3 Å². The molecule has 1 aliphatic rings. The summed E-state index contributed by atoms with van der Waals surface area (Å²) in [4.78, 5) is 23.5. The number of nitrogens with one attached hydrogen (secondary N) is 3. The highest BCUT2D eigenvalue weighted by molar-refractivity contribution is 5.92. The first-order chi connectivity index (χ1) is 10.5. The van der Waals surface area contributed by atoms with E-state index in [0.717, 1.165) is 30.8 Å². The van der Waals surface area contributed by atoms with E-state index in [0.29, 0.717) is 18.9 Å². The van der Waals surface area contributed by atoms with Crippen molar-refractivity contribution in [3.8, 4) is 0 Å². The molecule has 128 valence electrons. The van der Waals surface area contributed by atoms with Crippen LogP contribution < -0.4 is 16.0 Å². The van der Waals surface area contributed by atoms with Gasteiger partial charge in [0.2, 0.25) is 11.8 Å². The average Bonchev–Trinajstić information content (AvgIpc) is 2.99. The van der Waals surface area contributed by atoms with E-state index in [4.69, 9.17) is 0 Å². The summed E-state index contributed by atoms with van der Waals surface area (Å²) >= 11 is 0. The summed E-state index contributed by atoms with van der Waals surface area (Å²) in [7, 11) is 0. The first-order valence-corrected chi connectivity index (χ1v) is 7.92. The summed E-state index contributed by atoms with van der Waals surface area (Å²) in [6, 6.07) is 7.58. The quantitative estimate of drug-likeness (QED) is 0.745. The zero-order valence-electron chi connectivity index (χ0n) is 13.7. The number of carbonyl (C=O) groups is 2. The summed E-state index contributed by atoms with van der Waals surface area (Å²) in [5.41, 5.74) is 1.81. The molecule has 1 fully saturated rings. The molecular weight excluding hydrogens is 314 g/mol. The van der Waals surface area contributed by atoms with Crippen LogP contribution in [-0.4, -0.2) is 24.9 Å². The standard InChI is InChI=1S/C17H25N3O2.ClH/c1-12(2)17(22)20-15-5-3-13(4-6-15)11-19-16(21)9-14-7-8-18-10-14;/h3-6,12,14,18H,7-11H2,1-2H3,(H,19,21)(H,20,22);1H. The molecule has 1 saturated heterocycles. The summed E-state index contributed by atoms with van der Waals surface area (Å²) in [5, 5.41) is 9.07. The Labute approximate surface area is 144 Å². The number of benzene rings is 1. The molecule has 1 aliphatic heterocycles. The molecule has 1 heterocycles. The van der Waals surface area contributed by atoms with Crippen molar-refractivity contribution in [1.29, 1.82) is 0 Å². The molecule has 0 bridgehead atoms. The normalized spacial score (nSPS) is 16.7. The Morgan fingerprint density at radius 3 is 2.52 bits per heavy atom. The summed E-state index contributed by atoms with van der Waals surface area (Å²) in [6.45, 7) is 6.20. The zero-order valence-corrected chi connectivity index (χ0v) is 14.5. The Kier molecular flexibility index (Phi) is 8.06. The van der Waals surface area contributed by atoms with Crippen LogP contribution in [0, 0.1) is 11.8 Å². The molecule has 2 amide bonds. The Hall–Kier alpha value is -1.59. The first-order valence-electron chi connectivity index (χ1n) is 7.92. The molecule has 3 N–H and O–H groups in total. The maximum Gasteiger partial charge on any atom is 0.226 e. The van der Waals surface area contributed by atoms with E-state index >= 15 is 0 Å². The lowest BCUT2D eigenvalue weighted by molar-refractivity contribution is -0.122. The second kappa shape index (κ2) is 9.53. The van der Waals surface area contributed by atoms with Gasteiger partial charge in [-0.25, -0.2) is 0 Å². The van der Waals surface area contributed by atoms with Crippen molar-refractivity contribution in [2.24, 2.45) is 11.8 Å². The first kappa shape index (κ1) is 19.5. The molecular formula is C17H26ClN3O2. The lowest BCUT2D eigenvalue weighted by atomic mass is 10.0. The molecule has 0 spiro atoms. The highest BCUT2D eigenvalue weighted by Gasteiger charge is 2.17. The third-order valence-corrected chi connectivity index (χ3v) is 3.87. The van der Waals surface area contributed by atoms with Gasteiger partial charge in [-0.1, -0.05) is 26.0 Å². The molecule has 0 saturated carbocycles. The SMILES string of the molecule is CC(C)C(=O)Nc1ccc(CNC(=O)CC2CCNC2)cc1.Cl. The number of rotatable bonds is 6. The highest BCUT2D eigenvalue weighted by Crippen LogP contribution is 2.13. The summed E-state index contributed by atoms with van der Waals surface area (Å²) < 4.78 is 0. The number of hydrogen-bond donors (Lipinski definition) is 3. The Morgan fingerprint density at radius 2 is 1.96 bits per heavy atom. The van der Waals surface area contributed by atoms with Gasteiger partial charge in [-0.3, -0.25) is 9.59 Å². The molecule has 0 aliphatic carbocycles. The van der Waals surface area contributed by atoms with Gasteiger partial charge >= 0.3 is 0 Å². The van der Waals surface area contributed by atoms with Gasteiger partial charge in [-0.2, -0.15) is 0 Å². The molecule has 1 atom stereocenters. The van der Waals surface area contributed by atoms with Gasteiger partial charge in [-0.15, -0.1) is 12.4 Å². The van der Waals surface area contributed by atoms with E-state index in [-0.39, 0.29) is 30.1 Å². The number of hydrogen-bond acceptors (Lipinski definition) is 3. The van der Waals surface area contributed by atoms with Gasteiger partial charge in [0.1, 0.15) is 0 Å². The number of halogens is 1. The van der Waals surface area contributed by atoms with Gasteiger partial charge in [0.25, 0.3) is 0 Å². The Balaban J connectivity index is 0.00000264. The van der Waals surface area contributed by atoms with Crippen molar-refractivity contribution in [3.63, 3.8) is 0 Å².